The molecule has 0 radical (unpaired) electrons. The number of hydrogen-bond donors (Lipinski definition) is 0. The fraction of sp³-hybridized carbons (Fsp3) is 0.889. The molecule has 0 spiro atoms. The summed E-state index contributed by atoms with van der Waals surface area (Å²) < 4.78 is 0. The molecule has 12 heavy (non-hydrogen) atoms. The highest BCUT2D eigenvalue weighted by Crippen LogP contribution is 2.28. The number of likely N-dealkylation sites (tertiary alicyclic amines) is 1. The average Bonchev–Trinajstić information content (AvgIpc) is 2.01. The van der Waals surface area contributed by atoms with Gasteiger partial charge in [-0.3, -0.25) is 4.79 Å². The van der Waals surface area contributed by atoms with E-state index in [0.717, 1.165) is 19.5 Å². The summed E-state index contributed by atoms with van der Waals surface area (Å²) in [4.78, 5) is 13.1. The molecule has 1 rings (SSSR count). The lowest BCUT2D eigenvalue weighted by atomic mass is 9.84. The zero-order valence-corrected chi connectivity index (χ0v) is 8.52. The van der Waals surface area contributed by atoms with Gasteiger partial charge >= 0.3 is 0 Å². The highest BCUT2D eigenvalue weighted by atomic mass is 35.5. The zero-order valence-electron chi connectivity index (χ0n) is 7.77. The smallest absolute Gasteiger partial charge is 0.237 e. The summed E-state index contributed by atoms with van der Waals surface area (Å²) in [5.41, 5.74) is 0.278. The Balaban J connectivity index is 2.52. The van der Waals surface area contributed by atoms with Crippen molar-refractivity contribution < 1.29 is 4.79 Å². The first-order valence-electron chi connectivity index (χ1n) is 4.39. The van der Waals surface area contributed by atoms with Crippen molar-refractivity contribution >= 4 is 17.5 Å². The van der Waals surface area contributed by atoms with E-state index in [-0.39, 0.29) is 17.2 Å². The first-order chi connectivity index (χ1) is 5.55. The van der Waals surface area contributed by atoms with Gasteiger partial charge in [-0.1, -0.05) is 13.8 Å². The summed E-state index contributed by atoms with van der Waals surface area (Å²) in [5.74, 6) is 0.195. The number of alkyl halides is 1. The van der Waals surface area contributed by atoms with Crippen molar-refractivity contribution in [1.82, 2.24) is 4.90 Å². The molecule has 1 saturated heterocycles. The van der Waals surface area contributed by atoms with Gasteiger partial charge < -0.3 is 4.90 Å². The Morgan fingerprint density at radius 2 is 2.25 bits per heavy atom. The van der Waals surface area contributed by atoms with Crippen LogP contribution < -0.4 is 0 Å². The van der Waals surface area contributed by atoms with Crippen molar-refractivity contribution in [2.75, 3.05) is 19.0 Å². The molecule has 0 atom stereocenters. The van der Waals surface area contributed by atoms with E-state index < -0.39 is 0 Å². The second-order valence-corrected chi connectivity index (χ2v) is 4.48. The van der Waals surface area contributed by atoms with E-state index in [9.17, 15) is 4.79 Å². The number of nitrogens with zero attached hydrogens (tertiary/aromatic N) is 1. The predicted molar refractivity (Wildman–Crippen MR) is 50.3 cm³/mol. The van der Waals surface area contributed by atoms with Crippen LogP contribution in [-0.4, -0.2) is 29.8 Å². The Hall–Kier alpha value is -0.240. The summed E-state index contributed by atoms with van der Waals surface area (Å²) in [6.45, 7) is 6.13. The largest absolute Gasteiger partial charge is 0.341 e. The number of halogens is 1. The Labute approximate surface area is 78.9 Å². The molecule has 0 aliphatic carbocycles. The van der Waals surface area contributed by atoms with Crippen molar-refractivity contribution in [2.45, 2.75) is 26.7 Å². The van der Waals surface area contributed by atoms with E-state index in [0.29, 0.717) is 0 Å². The maximum atomic E-state index is 11.2. The fourth-order valence-corrected chi connectivity index (χ4v) is 1.89. The normalized spacial score (nSPS) is 22.4. The van der Waals surface area contributed by atoms with Crippen LogP contribution in [-0.2, 0) is 4.79 Å². The van der Waals surface area contributed by atoms with Crippen LogP contribution in [0.5, 0.6) is 0 Å². The van der Waals surface area contributed by atoms with Gasteiger partial charge in [-0.25, -0.2) is 0 Å². The van der Waals surface area contributed by atoms with Crippen molar-refractivity contribution in [3.63, 3.8) is 0 Å². The molecule has 3 heteroatoms. The van der Waals surface area contributed by atoms with Gasteiger partial charge in [0.1, 0.15) is 5.88 Å². The molecule has 0 aromatic heterocycles. The Kier molecular flexibility index (Phi) is 2.99. The van der Waals surface area contributed by atoms with Gasteiger partial charge in [0.25, 0.3) is 0 Å². The summed E-state index contributed by atoms with van der Waals surface area (Å²) in [6, 6.07) is 0. The molecule has 1 aliphatic rings. The van der Waals surface area contributed by atoms with Gasteiger partial charge in [0.2, 0.25) is 5.91 Å². The van der Waals surface area contributed by atoms with Crippen LogP contribution in [0, 0.1) is 5.41 Å². The highest BCUT2D eigenvalue weighted by Gasteiger charge is 2.28. The predicted octanol–water partition coefficient (Wildman–Crippen LogP) is 1.87. The molecular formula is C9H16ClNO. The van der Waals surface area contributed by atoms with Crippen LogP contribution in [0.4, 0.5) is 0 Å². The van der Waals surface area contributed by atoms with Crippen molar-refractivity contribution in [2.24, 2.45) is 5.41 Å². The van der Waals surface area contributed by atoms with Gasteiger partial charge in [0.15, 0.2) is 0 Å². The van der Waals surface area contributed by atoms with E-state index in [1.54, 1.807) is 0 Å². The van der Waals surface area contributed by atoms with Crippen molar-refractivity contribution in [1.29, 1.82) is 0 Å². The zero-order chi connectivity index (χ0) is 9.19. The average molecular weight is 190 g/mol. The van der Waals surface area contributed by atoms with Crippen LogP contribution in [0.25, 0.3) is 0 Å². The third-order valence-corrected chi connectivity index (χ3v) is 2.60. The molecule has 0 N–H and O–H groups in total. The topological polar surface area (TPSA) is 20.3 Å². The summed E-state index contributed by atoms with van der Waals surface area (Å²) in [7, 11) is 0. The molecule has 0 saturated carbocycles. The fourth-order valence-electron chi connectivity index (χ4n) is 1.72. The number of amides is 1. The molecule has 2 nitrogen and oxygen atoms in total. The maximum Gasteiger partial charge on any atom is 0.237 e. The molecule has 0 bridgehead atoms. The second-order valence-electron chi connectivity index (χ2n) is 4.22. The Bertz CT molecular complexity index is 179. The van der Waals surface area contributed by atoms with Gasteiger partial charge in [-0.2, -0.15) is 0 Å². The lowest BCUT2D eigenvalue weighted by molar-refractivity contribution is -0.131. The summed E-state index contributed by atoms with van der Waals surface area (Å²) in [5, 5.41) is 0. The molecular weight excluding hydrogens is 174 g/mol. The second kappa shape index (κ2) is 3.65. The van der Waals surface area contributed by atoms with Crippen LogP contribution in [0.2, 0.25) is 0 Å². The van der Waals surface area contributed by atoms with E-state index in [1.165, 1.54) is 6.42 Å². The number of carbonyl (C=O) groups excluding carboxylic acids is 1. The van der Waals surface area contributed by atoms with Crippen LogP contribution in [0.1, 0.15) is 26.7 Å². The summed E-state index contributed by atoms with van der Waals surface area (Å²) in [6.07, 6.45) is 2.31. The molecule has 0 aromatic rings. The van der Waals surface area contributed by atoms with Gasteiger partial charge in [-0.15, -0.1) is 11.6 Å². The SMILES string of the molecule is CC1(C)CCCN(C(=O)CCl)C1. The quantitative estimate of drug-likeness (QED) is 0.577. The van der Waals surface area contributed by atoms with E-state index in [2.05, 4.69) is 13.8 Å². The van der Waals surface area contributed by atoms with E-state index in [1.807, 2.05) is 4.90 Å². The number of carbonyl (C=O) groups is 1. The first kappa shape index (κ1) is 9.85. The molecule has 1 amide bonds. The molecule has 1 aliphatic heterocycles. The van der Waals surface area contributed by atoms with Gasteiger partial charge in [0, 0.05) is 13.1 Å². The minimum absolute atomic E-state index is 0.0736. The Morgan fingerprint density at radius 3 is 2.75 bits per heavy atom. The lowest BCUT2D eigenvalue weighted by Crippen LogP contribution is -2.44. The number of rotatable bonds is 1. The maximum absolute atomic E-state index is 11.2. The van der Waals surface area contributed by atoms with Gasteiger partial charge in [-0.05, 0) is 18.3 Å². The van der Waals surface area contributed by atoms with E-state index >= 15 is 0 Å². The number of hydrogen-bond acceptors (Lipinski definition) is 1. The van der Waals surface area contributed by atoms with Crippen molar-refractivity contribution in [3.8, 4) is 0 Å². The van der Waals surface area contributed by atoms with E-state index in [4.69, 9.17) is 11.6 Å². The molecule has 0 unspecified atom stereocenters. The Morgan fingerprint density at radius 1 is 1.58 bits per heavy atom. The van der Waals surface area contributed by atoms with Crippen LogP contribution in [0.15, 0.2) is 0 Å². The minimum atomic E-state index is 0.0736. The van der Waals surface area contributed by atoms with Crippen LogP contribution in [0.3, 0.4) is 0 Å². The standard InChI is InChI=1S/C9H16ClNO/c1-9(2)4-3-5-11(7-9)8(12)6-10/h3-7H2,1-2H3. The summed E-state index contributed by atoms with van der Waals surface area (Å²) >= 11 is 5.49. The van der Waals surface area contributed by atoms with Crippen molar-refractivity contribution in [3.05, 3.63) is 0 Å². The molecule has 1 heterocycles. The molecule has 0 aromatic carbocycles. The lowest BCUT2D eigenvalue weighted by Gasteiger charge is -2.37. The van der Waals surface area contributed by atoms with Crippen LogP contribution >= 0.6 is 11.6 Å². The molecule has 70 valence electrons. The molecule has 1 fully saturated rings. The van der Waals surface area contributed by atoms with Gasteiger partial charge in [0.05, 0.1) is 0 Å². The third kappa shape index (κ3) is 2.37. The monoisotopic (exact) mass is 189 g/mol. The number of piperidine rings is 1. The first-order valence-corrected chi connectivity index (χ1v) is 4.92. The third-order valence-electron chi connectivity index (χ3n) is 2.37. The highest BCUT2D eigenvalue weighted by molar-refractivity contribution is 6.27. The minimum Gasteiger partial charge on any atom is -0.341 e.